The molecule has 0 spiro atoms. The van der Waals surface area contributed by atoms with Crippen molar-refractivity contribution in [1.82, 2.24) is 0 Å². The molecule has 0 aliphatic rings. The van der Waals surface area contributed by atoms with Crippen molar-refractivity contribution in [1.29, 1.82) is 0 Å². The molecule has 0 unspecified atom stereocenters. The Morgan fingerprint density at radius 1 is 0.0938 bits per heavy atom. The van der Waals surface area contributed by atoms with E-state index in [4.69, 9.17) is 45.2 Å². The Balaban J connectivity index is -0.0000000000689. The smallest absolute Gasteiger partial charge is 1.00 e. The van der Waals surface area contributed by atoms with E-state index in [-0.39, 0.29) is 1050 Å². The summed E-state index contributed by atoms with van der Waals surface area (Å²) < 4.78 is 0. The van der Waals surface area contributed by atoms with Crippen molar-refractivity contribution < 1.29 is 1100 Å². The second-order valence-electron chi connectivity index (χ2n) is 1.04. The van der Waals surface area contributed by atoms with Crippen LogP contribution < -0.4 is 981 Å². The molecule has 0 aliphatic heterocycles. The van der Waals surface area contributed by atoms with Crippen LogP contribution in [0, 0.1) is 0 Å². The second-order valence-corrected chi connectivity index (χ2v) is 1.04. The minimum atomic E-state index is -2.17. The van der Waals surface area contributed by atoms with Crippen LogP contribution in [0.3, 0.4) is 0 Å². The van der Waals surface area contributed by atoms with Crippen LogP contribution in [0.15, 0.2) is 0 Å². The van der Waals surface area contributed by atoms with E-state index >= 15 is 0 Å². The molecule has 64 heteroatoms. The molecule has 176 valence electrons. The van der Waals surface area contributed by atoms with Gasteiger partial charge in [0, 0.05) is 0 Å². The van der Waals surface area contributed by atoms with Crippen molar-refractivity contribution in [3.05, 3.63) is 0 Å². The monoisotopic (exact) mass is 603 g/mol. The molecule has 0 rings (SSSR count). The fourth-order valence-electron chi connectivity index (χ4n) is 0. The van der Waals surface area contributed by atoms with E-state index in [0.29, 0.717) is 0 Å². The van der Waals surface area contributed by atoms with E-state index in [9.17, 15) is 0 Å². The Bertz CT molecular complexity index is 198. The van der Waals surface area contributed by atoms with Gasteiger partial charge in [-0.2, -0.15) is 0 Å². The van der Waals surface area contributed by atoms with Crippen LogP contribution in [0.4, 0.5) is 0 Å². The summed E-state index contributed by atoms with van der Waals surface area (Å²) in [5, 5.41) is 64.5. The van der Waals surface area contributed by atoms with E-state index in [0.717, 1.165) is 0 Å². The Morgan fingerprint density at radius 3 is 0.0938 bits per heavy atom. The van der Waals surface area contributed by atoms with Crippen molar-refractivity contribution in [2.24, 2.45) is 0 Å². The summed E-state index contributed by atoms with van der Waals surface area (Å²) in [5.41, 5.74) is 0. The van der Waals surface area contributed by atoms with Crippen LogP contribution in [-0.2, 0) is 0 Å². The predicted molar refractivity (Wildman–Crippen MR) is 95.1 cm³/mol. The van der Waals surface area contributed by atoms with Gasteiger partial charge in [-0.15, -0.1) is 0 Å². The van der Waals surface area contributed by atoms with E-state index in [1.807, 2.05) is 0 Å². The standard InChI is InChI=1S/3BH3O3.52Li.52H/c3*2-1(3)4;;;;;;;;;;;;;;;;;;;;;;;;;;;;;;;;;;;;;;;;;;;;;;;;;;;;;;;;;;;;;;;;;;;;;;;;;;;;;;;;;;;;;;;;;;;;;;;;;;;;;;;;/h3*2-4H;;;;;;;;;;;;;;;;;;;;;;;;;;;;;;;;;;;;;;;;;;;;;;;;;;;;;;;;;;;;;;;;;;;;;;;;;;;;;;;;;;;;;;;;;;;;;;;;;;;;;;;;/q;;;52*+1;52*-1. The average Bonchev–Trinajstić information content (AvgIpc) is 1.54. The first-order valence-corrected chi connectivity index (χ1v) is 2.32. The summed E-state index contributed by atoms with van der Waals surface area (Å²) in [4.78, 5) is 0. The first-order valence-electron chi connectivity index (χ1n) is 2.32. The SMILES string of the molecule is OB(O)O.OB(O)O.OB(O)O.[H-].[H-].[H-].[H-].[H-].[H-].[H-].[H-].[H-].[H-].[H-].[H-].[H-].[H-].[H-].[H-].[H-].[H-].[H-].[H-].[H-].[H-].[H-].[H-].[H-].[H-].[H-].[H-].[H-].[H-].[H-].[H-].[H-].[H-].[H-].[H-].[H-].[H-].[H-].[H-].[H-].[H-].[H-].[H-].[H-].[H-].[H-].[H-].[H-].[H-].[H-].[H-].[Li+].[Li+].[Li+].[Li+].[Li+].[Li+].[Li+].[Li+].[Li+].[Li+].[Li+].[Li+].[Li+].[Li+].[Li+].[Li+].[Li+].[Li+].[Li+].[Li+].[Li+].[Li+].[Li+].[Li+].[Li+].[Li+].[Li+].[Li+].[Li+].[Li+].[Li+].[Li+].[Li+].[Li+].[Li+].[Li+].[Li+].[Li+].[Li+].[Li+].[Li+].[Li+].[Li+].[Li+].[Li+].[Li+].[Li+].[Li+].[Li+].[Li+].[Li+].[Li+]. The molecule has 0 saturated carbocycles. The van der Waals surface area contributed by atoms with Gasteiger partial charge in [0.25, 0.3) is 0 Å². The van der Waals surface area contributed by atoms with Gasteiger partial charge in [0.1, 0.15) is 0 Å². The molecule has 0 aliphatic carbocycles. The predicted octanol–water partition coefficient (Wildman–Crippen LogP) is -156. The van der Waals surface area contributed by atoms with Crippen molar-refractivity contribution in [3.63, 3.8) is 0 Å². The Hall–Kier alpha value is 30.9. The molecule has 0 amide bonds. The van der Waals surface area contributed by atoms with Gasteiger partial charge in [-0.05, 0) is 0 Å². The van der Waals surface area contributed by atoms with E-state index < -0.39 is 22.0 Å². The van der Waals surface area contributed by atoms with Crippen LogP contribution in [0.2, 0.25) is 0 Å². The summed E-state index contributed by atoms with van der Waals surface area (Å²) in [6.45, 7) is 0. The van der Waals surface area contributed by atoms with E-state index in [2.05, 4.69) is 0 Å². The van der Waals surface area contributed by atoms with E-state index in [1.165, 1.54) is 0 Å². The van der Waals surface area contributed by atoms with Gasteiger partial charge in [-0.1, -0.05) is 0 Å². The molecule has 64 heavy (non-hydrogen) atoms. The zero-order chi connectivity index (χ0) is 10.7. The summed E-state index contributed by atoms with van der Waals surface area (Å²) in [7, 11) is -6.50. The number of hydrogen-bond acceptors (Lipinski definition) is 9. The van der Waals surface area contributed by atoms with Crippen molar-refractivity contribution in [2.75, 3.05) is 0 Å². The van der Waals surface area contributed by atoms with Gasteiger partial charge in [0.15, 0.2) is 0 Å². The van der Waals surface area contributed by atoms with Crippen molar-refractivity contribution in [3.8, 4) is 0 Å². The third-order valence-corrected chi connectivity index (χ3v) is 0. The largest absolute Gasteiger partial charge is 1.00 e. The van der Waals surface area contributed by atoms with Crippen LogP contribution in [0.1, 0.15) is 74.2 Å². The molecular weight excluding hydrogens is 537 g/mol. The van der Waals surface area contributed by atoms with Gasteiger partial charge in [-0.25, -0.2) is 0 Å². The minimum absolute atomic E-state index is 0. The van der Waals surface area contributed by atoms with Gasteiger partial charge >= 0.3 is 1000 Å². The summed E-state index contributed by atoms with van der Waals surface area (Å²) in [5.74, 6) is 0. The Kier molecular flexibility index (Phi) is 4180. The molecule has 9 N–H and O–H groups in total. The molecule has 0 bridgehead atoms. The first-order chi connectivity index (χ1) is 5.20. The minimum Gasteiger partial charge on any atom is -1.00 e. The Labute approximate surface area is 1100 Å². The normalized spacial score (nSPS) is 1.27. The molecule has 0 heterocycles. The zero-order valence-corrected chi connectivity index (χ0v) is 57.8. The number of hydrogen-bond donors (Lipinski definition) is 9. The molecule has 0 atom stereocenters. The molecule has 0 radical (unpaired) electrons. The van der Waals surface area contributed by atoms with Crippen molar-refractivity contribution in [2.45, 2.75) is 0 Å². The number of rotatable bonds is 0. The van der Waals surface area contributed by atoms with Gasteiger partial charge < -0.3 is 119 Å². The fourth-order valence-corrected chi connectivity index (χ4v) is 0. The van der Waals surface area contributed by atoms with Gasteiger partial charge in [0.2, 0.25) is 0 Å². The second kappa shape index (κ2) is 509. The fraction of sp³-hybridized carbons (Fsp3) is 0. The van der Waals surface area contributed by atoms with Crippen LogP contribution >= 0.6 is 0 Å². The van der Waals surface area contributed by atoms with E-state index in [1.54, 1.807) is 0 Å². The molecule has 0 saturated heterocycles. The van der Waals surface area contributed by atoms with Crippen LogP contribution in [0.25, 0.3) is 0 Å². The van der Waals surface area contributed by atoms with Gasteiger partial charge in [0.05, 0.1) is 0 Å². The molecule has 9 nitrogen and oxygen atoms in total. The third kappa shape index (κ3) is 822. The summed E-state index contributed by atoms with van der Waals surface area (Å²) in [6, 6.07) is 0. The summed E-state index contributed by atoms with van der Waals surface area (Å²) >= 11 is 0. The summed E-state index contributed by atoms with van der Waals surface area (Å²) in [6.07, 6.45) is 0. The topological polar surface area (TPSA) is 182 Å². The maximum atomic E-state index is 7.17. The molecular formula is H61B3Li52O9. The average molecular weight is 599 g/mol. The van der Waals surface area contributed by atoms with Crippen molar-refractivity contribution >= 4 is 22.0 Å². The third-order valence-electron chi connectivity index (χ3n) is 0. The zero-order valence-electron chi connectivity index (χ0n) is 110. The van der Waals surface area contributed by atoms with Crippen LogP contribution in [0.5, 0.6) is 0 Å². The van der Waals surface area contributed by atoms with Crippen LogP contribution in [-0.4, -0.2) is 67.2 Å². The maximum absolute atomic E-state index is 7.17. The maximum Gasteiger partial charge on any atom is 1.00 e. The molecule has 0 fully saturated rings. The van der Waals surface area contributed by atoms with Gasteiger partial charge in [-0.3, -0.25) is 0 Å². The molecule has 0 aromatic heterocycles. The first kappa shape index (κ1) is 526. The molecule has 0 aromatic carbocycles. The molecule has 0 aromatic rings. The Morgan fingerprint density at radius 2 is 0.0938 bits per heavy atom. The quantitative estimate of drug-likeness (QED) is 0.122.